The third-order valence-corrected chi connectivity index (χ3v) is 6.45. The Morgan fingerprint density at radius 3 is 2.27 bits per heavy atom. The largest absolute Gasteiger partial charge is 0.472 e. The predicted molar refractivity (Wildman–Crippen MR) is 104 cm³/mol. The van der Waals surface area contributed by atoms with Crippen LogP contribution in [0.2, 0.25) is 0 Å². The molecule has 3 heterocycles. The van der Waals surface area contributed by atoms with Crippen LogP contribution in [-0.2, 0) is 23.7 Å². The van der Waals surface area contributed by atoms with Gasteiger partial charge in [0.2, 0.25) is 6.29 Å². The predicted octanol–water partition coefficient (Wildman–Crippen LogP) is -4.34. The maximum absolute atomic E-state index is 10.3. The maximum Gasteiger partial charge on any atom is 0.209 e. The summed E-state index contributed by atoms with van der Waals surface area (Å²) in [6, 6.07) is 0. The summed E-state index contributed by atoms with van der Waals surface area (Å²) in [7, 11) is 0. The Hall–Kier alpha value is -1.20. The quantitative estimate of drug-likeness (QED) is 0.170. The van der Waals surface area contributed by atoms with Crippen LogP contribution in [0, 0.1) is 11.8 Å². The Labute approximate surface area is 188 Å². The summed E-state index contributed by atoms with van der Waals surface area (Å²) in [6.45, 7) is -1.24. The zero-order chi connectivity index (χ0) is 23.9. The maximum atomic E-state index is 10.3. The second kappa shape index (κ2) is 10.2. The first-order valence-electron chi connectivity index (χ1n) is 10.7. The van der Waals surface area contributed by atoms with Crippen molar-refractivity contribution in [3.63, 3.8) is 0 Å². The number of rotatable bonds is 6. The van der Waals surface area contributed by atoms with E-state index < -0.39 is 86.1 Å². The number of aliphatic hydroxyl groups is 8. The molecule has 188 valence electrons. The molecule has 13 nitrogen and oxygen atoms in total. The highest BCUT2D eigenvalue weighted by Gasteiger charge is 2.50. The summed E-state index contributed by atoms with van der Waals surface area (Å²) < 4.78 is 27.8. The second-order valence-corrected chi connectivity index (χ2v) is 8.52. The molecular formula is C20H30O13. The molecule has 2 saturated heterocycles. The SMILES string of the molecule is OCC1=C[C@@H](O[C@@H]2OC[C@@H](O)[C@H](O)[C@H]2O)[C@@H]2C=CO[C@@H](O[C@@H]3O[C@H](CO)[C@@H](O)[C@H](O)[C@H]3O)[C@H]12. The van der Waals surface area contributed by atoms with Gasteiger partial charge in [0.25, 0.3) is 0 Å². The van der Waals surface area contributed by atoms with Crippen LogP contribution >= 0.6 is 0 Å². The molecule has 8 N–H and O–H groups in total. The Morgan fingerprint density at radius 1 is 0.848 bits per heavy atom. The van der Waals surface area contributed by atoms with Gasteiger partial charge in [-0.1, -0.05) is 6.08 Å². The van der Waals surface area contributed by atoms with Crippen LogP contribution in [0.3, 0.4) is 0 Å². The van der Waals surface area contributed by atoms with Gasteiger partial charge in [-0.15, -0.1) is 0 Å². The molecule has 0 aromatic heterocycles. The van der Waals surface area contributed by atoms with E-state index in [4.69, 9.17) is 23.7 Å². The summed E-state index contributed by atoms with van der Waals surface area (Å²) in [5.74, 6) is -1.08. The van der Waals surface area contributed by atoms with Crippen LogP contribution in [0.4, 0.5) is 0 Å². The highest BCUT2D eigenvalue weighted by Crippen LogP contribution is 2.43. The molecule has 0 unspecified atom stereocenters. The van der Waals surface area contributed by atoms with E-state index in [2.05, 4.69) is 0 Å². The van der Waals surface area contributed by atoms with Crippen LogP contribution in [0.5, 0.6) is 0 Å². The molecule has 13 heteroatoms. The van der Waals surface area contributed by atoms with E-state index in [9.17, 15) is 40.9 Å². The van der Waals surface area contributed by atoms with E-state index in [-0.39, 0.29) is 13.2 Å². The Bertz CT molecular complexity index is 729. The van der Waals surface area contributed by atoms with Crippen molar-refractivity contribution in [3.05, 3.63) is 24.0 Å². The van der Waals surface area contributed by atoms with Gasteiger partial charge in [0.1, 0.15) is 42.7 Å². The van der Waals surface area contributed by atoms with Crippen molar-refractivity contribution in [2.75, 3.05) is 19.8 Å². The van der Waals surface area contributed by atoms with Gasteiger partial charge in [0.05, 0.1) is 38.1 Å². The molecule has 4 aliphatic rings. The first-order chi connectivity index (χ1) is 15.8. The standard InChI is InChI=1S/C20H30O13/c21-4-7-3-10(31-19-16(27)13(24)9(23)6-30-19)8-1-2-29-18(12(7)8)33-20-17(28)15(26)14(25)11(5-22)32-20/h1-3,8-28H,4-6H2/t8-,9+,10+,11+,12+,13-,14+,15-,16+,17+,18-,19-,20-/m0/s1. The number of aliphatic hydroxyl groups excluding tert-OH is 8. The molecule has 0 aromatic carbocycles. The fourth-order valence-corrected chi connectivity index (χ4v) is 4.54. The Kier molecular flexibility index (Phi) is 7.69. The van der Waals surface area contributed by atoms with Crippen LogP contribution < -0.4 is 0 Å². The van der Waals surface area contributed by atoms with Crippen molar-refractivity contribution in [3.8, 4) is 0 Å². The lowest BCUT2D eigenvalue weighted by atomic mass is 9.88. The van der Waals surface area contributed by atoms with Crippen molar-refractivity contribution < 1.29 is 64.5 Å². The van der Waals surface area contributed by atoms with Crippen LogP contribution in [-0.4, -0.2) is 128 Å². The lowest BCUT2D eigenvalue weighted by molar-refractivity contribution is -0.340. The summed E-state index contributed by atoms with van der Waals surface area (Å²) in [5, 5.41) is 79.1. The fraction of sp³-hybridized carbons (Fsp3) is 0.800. The van der Waals surface area contributed by atoms with E-state index in [0.29, 0.717) is 5.57 Å². The number of hydrogen-bond acceptors (Lipinski definition) is 13. The highest BCUT2D eigenvalue weighted by atomic mass is 16.8. The molecule has 0 radical (unpaired) electrons. The van der Waals surface area contributed by atoms with E-state index in [1.807, 2.05) is 0 Å². The van der Waals surface area contributed by atoms with Gasteiger partial charge in [-0.2, -0.15) is 0 Å². The molecule has 0 amide bonds. The molecule has 33 heavy (non-hydrogen) atoms. The lowest BCUT2D eigenvalue weighted by Gasteiger charge is -2.43. The molecule has 0 aromatic rings. The third-order valence-electron chi connectivity index (χ3n) is 6.45. The molecule has 2 fully saturated rings. The minimum Gasteiger partial charge on any atom is -0.472 e. The first-order valence-corrected chi connectivity index (χ1v) is 10.7. The minimum absolute atomic E-state index is 0.234. The monoisotopic (exact) mass is 478 g/mol. The van der Waals surface area contributed by atoms with Gasteiger partial charge in [0, 0.05) is 5.92 Å². The van der Waals surface area contributed by atoms with Gasteiger partial charge in [-0.05, 0) is 11.6 Å². The highest BCUT2D eigenvalue weighted by molar-refractivity contribution is 5.26. The normalized spacial score (nSPS) is 49.9. The van der Waals surface area contributed by atoms with Crippen molar-refractivity contribution in [1.29, 1.82) is 0 Å². The number of hydrogen-bond donors (Lipinski definition) is 8. The van der Waals surface area contributed by atoms with E-state index in [0.717, 1.165) is 0 Å². The minimum atomic E-state index is -1.63. The van der Waals surface area contributed by atoms with E-state index in [1.165, 1.54) is 6.26 Å². The zero-order valence-corrected chi connectivity index (χ0v) is 17.5. The summed E-state index contributed by atoms with van der Waals surface area (Å²) >= 11 is 0. The molecular weight excluding hydrogens is 448 g/mol. The molecule has 0 bridgehead atoms. The van der Waals surface area contributed by atoms with Gasteiger partial charge >= 0.3 is 0 Å². The smallest absolute Gasteiger partial charge is 0.209 e. The summed E-state index contributed by atoms with van der Waals surface area (Å²) in [4.78, 5) is 0. The van der Waals surface area contributed by atoms with Gasteiger partial charge in [0.15, 0.2) is 12.6 Å². The average Bonchev–Trinajstić information content (AvgIpc) is 3.18. The molecule has 0 saturated carbocycles. The molecule has 1 aliphatic carbocycles. The molecule has 3 aliphatic heterocycles. The molecule has 13 atom stereocenters. The topological polar surface area (TPSA) is 208 Å². The fourth-order valence-electron chi connectivity index (χ4n) is 4.54. The van der Waals surface area contributed by atoms with E-state index >= 15 is 0 Å². The van der Waals surface area contributed by atoms with Crippen molar-refractivity contribution in [2.24, 2.45) is 11.8 Å². The summed E-state index contributed by atoms with van der Waals surface area (Å²) in [6.07, 6.45) is -10.1. The van der Waals surface area contributed by atoms with Crippen molar-refractivity contribution in [2.45, 2.75) is 67.7 Å². The Morgan fingerprint density at radius 2 is 1.58 bits per heavy atom. The van der Waals surface area contributed by atoms with Crippen LogP contribution in [0.1, 0.15) is 0 Å². The van der Waals surface area contributed by atoms with Gasteiger partial charge in [-0.3, -0.25) is 0 Å². The second-order valence-electron chi connectivity index (χ2n) is 8.52. The molecule has 0 spiro atoms. The average molecular weight is 478 g/mol. The van der Waals surface area contributed by atoms with Crippen LogP contribution in [0.15, 0.2) is 24.0 Å². The first kappa shape index (κ1) is 24.9. The Balaban J connectivity index is 1.47. The number of fused-ring (bicyclic) bond motifs is 1. The zero-order valence-electron chi connectivity index (χ0n) is 17.5. The van der Waals surface area contributed by atoms with E-state index in [1.54, 1.807) is 12.2 Å². The van der Waals surface area contributed by atoms with Crippen molar-refractivity contribution >= 4 is 0 Å². The summed E-state index contributed by atoms with van der Waals surface area (Å²) in [5.41, 5.74) is 0.467. The van der Waals surface area contributed by atoms with Gasteiger partial charge < -0.3 is 64.5 Å². The van der Waals surface area contributed by atoms with Crippen molar-refractivity contribution in [1.82, 2.24) is 0 Å². The number of ether oxygens (including phenoxy) is 5. The van der Waals surface area contributed by atoms with Crippen LogP contribution in [0.25, 0.3) is 0 Å². The lowest BCUT2D eigenvalue weighted by Crippen LogP contribution is -2.60. The third kappa shape index (κ3) is 4.69. The molecule has 4 rings (SSSR count). The van der Waals surface area contributed by atoms with Gasteiger partial charge in [-0.25, -0.2) is 0 Å².